The van der Waals surface area contributed by atoms with Gasteiger partial charge in [-0.2, -0.15) is 0 Å². The van der Waals surface area contributed by atoms with Crippen LogP contribution in [0.1, 0.15) is 12.8 Å². The van der Waals surface area contributed by atoms with Crippen LogP contribution in [-0.4, -0.2) is 43.3 Å². The molecule has 2 aliphatic rings. The molecule has 0 atom stereocenters. The molecule has 2 rings (SSSR count). The highest BCUT2D eigenvalue weighted by molar-refractivity contribution is 5.70. The lowest BCUT2D eigenvalue weighted by Crippen LogP contribution is -2.53. The van der Waals surface area contributed by atoms with E-state index >= 15 is 0 Å². The van der Waals surface area contributed by atoms with Gasteiger partial charge in [-0.1, -0.05) is 12.2 Å². The van der Waals surface area contributed by atoms with Crippen molar-refractivity contribution in [2.75, 3.05) is 26.7 Å². The standard InChI is InChI=1S/C10H16N2O2/c1-14-9(13)12-8-2-3-10(12)4-6-11-7-5-10/h2-3,11H,4-8H2,1H3. The smallest absolute Gasteiger partial charge is 0.410 e. The molecule has 1 amide bonds. The maximum absolute atomic E-state index is 11.5. The van der Waals surface area contributed by atoms with Crippen molar-refractivity contribution in [2.45, 2.75) is 18.4 Å². The number of piperidine rings is 1. The molecular formula is C10H16N2O2. The summed E-state index contributed by atoms with van der Waals surface area (Å²) in [4.78, 5) is 13.4. The van der Waals surface area contributed by atoms with Crippen LogP contribution >= 0.6 is 0 Å². The molecule has 0 radical (unpaired) electrons. The lowest BCUT2D eigenvalue weighted by Gasteiger charge is -2.40. The Morgan fingerprint density at radius 3 is 2.86 bits per heavy atom. The van der Waals surface area contributed by atoms with Gasteiger partial charge < -0.3 is 10.1 Å². The van der Waals surface area contributed by atoms with Crippen LogP contribution in [0.5, 0.6) is 0 Å². The van der Waals surface area contributed by atoms with Crippen LogP contribution in [-0.2, 0) is 4.74 Å². The third-order valence-corrected chi connectivity index (χ3v) is 3.12. The Labute approximate surface area is 83.9 Å². The molecule has 1 fully saturated rings. The van der Waals surface area contributed by atoms with Gasteiger partial charge in [-0.25, -0.2) is 4.79 Å². The van der Waals surface area contributed by atoms with Gasteiger partial charge in [0, 0.05) is 6.54 Å². The number of nitrogens with zero attached hydrogens (tertiary/aromatic N) is 1. The summed E-state index contributed by atoms with van der Waals surface area (Å²) in [7, 11) is 1.44. The number of rotatable bonds is 0. The van der Waals surface area contributed by atoms with Crippen LogP contribution in [0.25, 0.3) is 0 Å². The molecule has 1 N–H and O–H groups in total. The van der Waals surface area contributed by atoms with Gasteiger partial charge in [-0.3, -0.25) is 4.90 Å². The maximum Gasteiger partial charge on any atom is 0.410 e. The Balaban J connectivity index is 2.14. The first kappa shape index (κ1) is 9.52. The Kier molecular flexibility index (Phi) is 2.46. The number of ether oxygens (including phenoxy) is 1. The lowest BCUT2D eigenvalue weighted by molar-refractivity contribution is 0.0821. The highest BCUT2D eigenvalue weighted by Crippen LogP contribution is 2.32. The van der Waals surface area contributed by atoms with Crippen molar-refractivity contribution in [3.05, 3.63) is 12.2 Å². The van der Waals surface area contributed by atoms with Crippen molar-refractivity contribution in [2.24, 2.45) is 0 Å². The molecule has 0 aromatic carbocycles. The van der Waals surface area contributed by atoms with E-state index in [-0.39, 0.29) is 11.6 Å². The number of carbonyl (C=O) groups is 1. The first-order valence-electron chi connectivity index (χ1n) is 5.02. The second-order valence-electron chi connectivity index (χ2n) is 3.84. The van der Waals surface area contributed by atoms with Gasteiger partial charge in [-0.05, 0) is 25.9 Å². The van der Waals surface area contributed by atoms with Gasteiger partial charge >= 0.3 is 6.09 Å². The third-order valence-electron chi connectivity index (χ3n) is 3.12. The normalized spacial score (nSPS) is 24.2. The molecule has 0 bridgehead atoms. The van der Waals surface area contributed by atoms with Crippen LogP contribution in [0, 0.1) is 0 Å². The van der Waals surface area contributed by atoms with E-state index in [4.69, 9.17) is 4.74 Å². The third kappa shape index (κ3) is 1.39. The van der Waals surface area contributed by atoms with Crippen LogP contribution in [0.2, 0.25) is 0 Å². The first-order chi connectivity index (χ1) is 6.78. The van der Waals surface area contributed by atoms with Crippen molar-refractivity contribution in [3.8, 4) is 0 Å². The Morgan fingerprint density at radius 2 is 2.21 bits per heavy atom. The van der Waals surface area contributed by atoms with E-state index in [9.17, 15) is 4.79 Å². The molecule has 0 aromatic heterocycles. The highest BCUT2D eigenvalue weighted by Gasteiger charge is 2.41. The summed E-state index contributed by atoms with van der Waals surface area (Å²) >= 11 is 0. The van der Waals surface area contributed by atoms with Crippen LogP contribution in [0.4, 0.5) is 4.79 Å². The zero-order valence-corrected chi connectivity index (χ0v) is 8.45. The zero-order valence-electron chi connectivity index (χ0n) is 8.45. The van der Waals surface area contributed by atoms with Crippen molar-refractivity contribution < 1.29 is 9.53 Å². The summed E-state index contributed by atoms with van der Waals surface area (Å²) in [5.41, 5.74) is -0.0711. The van der Waals surface area contributed by atoms with Gasteiger partial charge in [0.25, 0.3) is 0 Å². The van der Waals surface area contributed by atoms with E-state index in [2.05, 4.69) is 17.5 Å². The number of amides is 1. The molecule has 0 aliphatic carbocycles. The minimum Gasteiger partial charge on any atom is -0.453 e. The number of hydrogen-bond acceptors (Lipinski definition) is 3. The topological polar surface area (TPSA) is 41.6 Å². The average Bonchev–Trinajstić information content (AvgIpc) is 2.62. The number of carbonyl (C=O) groups excluding carboxylic acids is 1. The quantitative estimate of drug-likeness (QED) is 0.581. The molecule has 1 saturated heterocycles. The molecule has 0 saturated carbocycles. The monoisotopic (exact) mass is 196 g/mol. The molecule has 4 nitrogen and oxygen atoms in total. The predicted octanol–water partition coefficient (Wildman–Crippen LogP) is 0.747. The van der Waals surface area contributed by atoms with Gasteiger partial charge in [-0.15, -0.1) is 0 Å². The Hall–Kier alpha value is -1.03. The second kappa shape index (κ2) is 3.61. The molecule has 2 heterocycles. The van der Waals surface area contributed by atoms with E-state index in [0.717, 1.165) is 25.9 Å². The minimum absolute atomic E-state index is 0.0711. The SMILES string of the molecule is COC(=O)N1CC=CC12CCNCC2. The molecule has 4 heteroatoms. The van der Waals surface area contributed by atoms with Crippen molar-refractivity contribution in [1.82, 2.24) is 10.2 Å². The molecule has 2 aliphatic heterocycles. The first-order valence-corrected chi connectivity index (χ1v) is 5.02. The number of nitrogens with one attached hydrogen (secondary N) is 1. The van der Waals surface area contributed by atoms with Gasteiger partial charge in [0.1, 0.15) is 0 Å². The van der Waals surface area contributed by atoms with E-state index in [1.807, 2.05) is 4.90 Å². The molecular weight excluding hydrogens is 180 g/mol. The largest absolute Gasteiger partial charge is 0.453 e. The summed E-state index contributed by atoms with van der Waals surface area (Å²) in [5.74, 6) is 0. The molecule has 78 valence electrons. The van der Waals surface area contributed by atoms with E-state index in [1.54, 1.807) is 0 Å². The molecule has 0 aromatic rings. The van der Waals surface area contributed by atoms with Crippen LogP contribution in [0.15, 0.2) is 12.2 Å². The summed E-state index contributed by atoms with van der Waals surface area (Å²) in [5, 5.41) is 3.30. The predicted molar refractivity (Wildman–Crippen MR) is 53.1 cm³/mol. The van der Waals surface area contributed by atoms with Crippen molar-refractivity contribution in [3.63, 3.8) is 0 Å². The highest BCUT2D eigenvalue weighted by atomic mass is 16.5. The lowest BCUT2D eigenvalue weighted by atomic mass is 9.88. The van der Waals surface area contributed by atoms with Crippen molar-refractivity contribution in [1.29, 1.82) is 0 Å². The molecule has 0 unspecified atom stereocenters. The van der Waals surface area contributed by atoms with Gasteiger partial charge in [0.05, 0.1) is 12.6 Å². The maximum atomic E-state index is 11.5. The average molecular weight is 196 g/mol. The summed E-state index contributed by atoms with van der Waals surface area (Å²) in [6, 6.07) is 0. The van der Waals surface area contributed by atoms with E-state index < -0.39 is 0 Å². The van der Waals surface area contributed by atoms with Gasteiger partial charge in [0.15, 0.2) is 0 Å². The Morgan fingerprint density at radius 1 is 1.50 bits per heavy atom. The van der Waals surface area contributed by atoms with E-state index in [1.165, 1.54) is 7.11 Å². The van der Waals surface area contributed by atoms with Crippen LogP contribution in [0.3, 0.4) is 0 Å². The van der Waals surface area contributed by atoms with Crippen LogP contribution < -0.4 is 5.32 Å². The second-order valence-corrected chi connectivity index (χ2v) is 3.84. The summed E-state index contributed by atoms with van der Waals surface area (Å²) in [6.07, 6.45) is 5.97. The summed E-state index contributed by atoms with van der Waals surface area (Å²) in [6.45, 7) is 2.63. The fourth-order valence-electron chi connectivity index (χ4n) is 2.31. The number of hydrogen-bond donors (Lipinski definition) is 1. The fourth-order valence-corrected chi connectivity index (χ4v) is 2.31. The number of methoxy groups -OCH3 is 1. The van der Waals surface area contributed by atoms with Crippen molar-refractivity contribution >= 4 is 6.09 Å². The fraction of sp³-hybridized carbons (Fsp3) is 0.700. The summed E-state index contributed by atoms with van der Waals surface area (Å²) < 4.78 is 4.79. The molecule has 1 spiro atoms. The van der Waals surface area contributed by atoms with E-state index in [0.29, 0.717) is 6.54 Å². The van der Waals surface area contributed by atoms with Gasteiger partial charge in [0.2, 0.25) is 0 Å². The Bertz CT molecular complexity index is 257. The minimum atomic E-state index is -0.211. The molecule has 14 heavy (non-hydrogen) atoms. The zero-order chi connectivity index (χ0) is 10.0.